The monoisotopic (exact) mass is 380 g/mol. The summed E-state index contributed by atoms with van der Waals surface area (Å²) in [5, 5.41) is 8.61. The van der Waals surface area contributed by atoms with E-state index in [1.165, 1.54) is 0 Å². The fourth-order valence-corrected chi connectivity index (χ4v) is 3.24. The van der Waals surface area contributed by atoms with Gasteiger partial charge >= 0.3 is 6.03 Å². The predicted molar refractivity (Wildman–Crippen MR) is 110 cm³/mol. The number of thiazole rings is 1. The number of aromatic nitrogens is 1. The Morgan fingerprint density at radius 2 is 1.30 bits per heavy atom. The van der Waals surface area contributed by atoms with Gasteiger partial charge in [-0.2, -0.15) is 0 Å². The summed E-state index contributed by atoms with van der Waals surface area (Å²) in [4.78, 5) is 29.3. The lowest BCUT2D eigenvalue weighted by molar-refractivity contribution is 0.103. The number of nitrogens with zero attached hydrogens (tertiary/aromatic N) is 1. The van der Waals surface area contributed by atoms with Crippen LogP contribution in [-0.4, -0.2) is 16.9 Å². The molecule has 1 aromatic heterocycles. The molecule has 3 amide bonds. The summed E-state index contributed by atoms with van der Waals surface area (Å²) < 4.78 is 0. The standard InChI is InChI=1S/C20H20N4O2S/c1-12-4-8-15(9-5-12)22-18(25)17-14(3)21-20(27-17)24-19(26)23-16-10-6-13(2)7-11-16/h4-11H,1-3H3,(H,22,25)(H2,21,23,24,26). The Kier molecular flexibility index (Phi) is 5.52. The number of anilines is 3. The van der Waals surface area contributed by atoms with Crippen molar-refractivity contribution in [1.29, 1.82) is 0 Å². The number of carbonyl (C=O) groups is 2. The summed E-state index contributed by atoms with van der Waals surface area (Å²) in [6.45, 7) is 5.70. The molecule has 0 aliphatic carbocycles. The first-order valence-electron chi connectivity index (χ1n) is 8.41. The van der Waals surface area contributed by atoms with Gasteiger partial charge < -0.3 is 10.6 Å². The topological polar surface area (TPSA) is 83.1 Å². The molecule has 0 bridgehead atoms. The Bertz CT molecular complexity index is 963. The van der Waals surface area contributed by atoms with Gasteiger partial charge in [-0.25, -0.2) is 9.78 Å². The molecule has 0 aliphatic rings. The normalized spacial score (nSPS) is 10.3. The summed E-state index contributed by atoms with van der Waals surface area (Å²) >= 11 is 1.14. The first kappa shape index (κ1) is 18.6. The minimum absolute atomic E-state index is 0.249. The molecule has 3 rings (SSSR count). The van der Waals surface area contributed by atoms with Crippen LogP contribution in [0, 0.1) is 20.8 Å². The van der Waals surface area contributed by atoms with Crippen LogP contribution in [0.1, 0.15) is 26.5 Å². The Hall–Kier alpha value is -3.19. The fraction of sp³-hybridized carbons (Fsp3) is 0.150. The van der Waals surface area contributed by atoms with E-state index in [9.17, 15) is 9.59 Å². The van der Waals surface area contributed by atoms with E-state index in [2.05, 4.69) is 20.9 Å². The van der Waals surface area contributed by atoms with E-state index in [-0.39, 0.29) is 5.91 Å². The molecule has 0 atom stereocenters. The smallest absolute Gasteiger partial charge is 0.321 e. The molecule has 1 heterocycles. The van der Waals surface area contributed by atoms with E-state index in [0.29, 0.717) is 27.1 Å². The van der Waals surface area contributed by atoms with E-state index in [1.54, 1.807) is 6.92 Å². The second kappa shape index (κ2) is 8.01. The van der Waals surface area contributed by atoms with E-state index in [4.69, 9.17) is 0 Å². The fourth-order valence-electron chi connectivity index (χ4n) is 2.38. The SMILES string of the molecule is Cc1ccc(NC(=O)Nc2nc(C)c(C(=O)Nc3ccc(C)cc3)s2)cc1. The zero-order chi connectivity index (χ0) is 19.4. The maximum Gasteiger partial charge on any atom is 0.325 e. The largest absolute Gasteiger partial charge is 0.325 e. The molecule has 0 radical (unpaired) electrons. The van der Waals surface area contributed by atoms with Crippen LogP contribution >= 0.6 is 11.3 Å². The highest BCUT2D eigenvalue weighted by Gasteiger charge is 2.17. The maximum absolute atomic E-state index is 12.5. The van der Waals surface area contributed by atoms with Gasteiger partial charge in [-0.05, 0) is 45.0 Å². The Morgan fingerprint density at radius 1 is 0.778 bits per heavy atom. The van der Waals surface area contributed by atoms with Gasteiger partial charge in [0.25, 0.3) is 5.91 Å². The molecular formula is C20H20N4O2S. The highest BCUT2D eigenvalue weighted by Crippen LogP contribution is 2.24. The highest BCUT2D eigenvalue weighted by atomic mass is 32.1. The average Bonchev–Trinajstić information content (AvgIpc) is 2.99. The quantitative estimate of drug-likeness (QED) is 0.598. The number of hydrogen-bond acceptors (Lipinski definition) is 4. The average molecular weight is 380 g/mol. The van der Waals surface area contributed by atoms with Gasteiger partial charge in [0.2, 0.25) is 0 Å². The molecule has 2 aromatic carbocycles. The Balaban J connectivity index is 1.64. The third kappa shape index (κ3) is 4.92. The summed E-state index contributed by atoms with van der Waals surface area (Å²) in [5.74, 6) is -0.249. The van der Waals surface area contributed by atoms with E-state index in [1.807, 2.05) is 62.4 Å². The summed E-state index contributed by atoms with van der Waals surface area (Å²) in [6.07, 6.45) is 0. The summed E-state index contributed by atoms with van der Waals surface area (Å²) in [6, 6.07) is 14.6. The lowest BCUT2D eigenvalue weighted by Crippen LogP contribution is -2.19. The minimum atomic E-state index is -0.405. The van der Waals surface area contributed by atoms with Gasteiger partial charge in [0.1, 0.15) is 4.88 Å². The first-order valence-corrected chi connectivity index (χ1v) is 9.22. The van der Waals surface area contributed by atoms with Crippen molar-refractivity contribution in [3.8, 4) is 0 Å². The lowest BCUT2D eigenvalue weighted by atomic mass is 10.2. The van der Waals surface area contributed by atoms with Gasteiger partial charge in [0.05, 0.1) is 5.69 Å². The van der Waals surface area contributed by atoms with E-state index >= 15 is 0 Å². The van der Waals surface area contributed by atoms with Crippen molar-refractivity contribution in [3.63, 3.8) is 0 Å². The lowest BCUT2D eigenvalue weighted by Gasteiger charge is -2.05. The van der Waals surface area contributed by atoms with Gasteiger partial charge in [0.15, 0.2) is 5.13 Å². The number of amides is 3. The first-order chi connectivity index (χ1) is 12.9. The second-order valence-corrected chi connectivity index (χ2v) is 7.20. The van der Waals surface area contributed by atoms with Crippen LogP contribution < -0.4 is 16.0 Å². The molecule has 0 aliphatic heterocycles. The van der Waals surface area contributed by atoms with Crippen molar-refractivity contribution >= 4 is 39.8 Å². The number of aryl methyl sites for hydroxylation is 3. The van der Waals surface area contributed by atoms with Crippen LogP contribution in [0.15, 0.2) is 48.5 Å². The van der Waals surface area contributed by atoms with Crippen LogP contribution in [-0.2, 0) is 0 Å². The number of benzene rings is 2. The molecule has 0 fully saturated rings. The van der Waals surface area contributed by atoms with Crippen molar-refractivity contribution in [2.45, 2.75) is 20.8 Å². The number of rotatable bonds is 4. The molecule has 3 aromatic rings. The molecule has 0 saturated carbocycles. The van der Waals surface area contributed by atoms with Crippen LogP contribution in [0.5, 0.6) is 0 Å². The second-order valence-electron chi connectivity index (χ2n) is 6.20. The van der Waals surface area contributed by atoms with E-state index in [0.717, 1.165) is 22.5 Å². The zero-order valence-electron chi connectivity index (χ0n) is 15.3. The van der Waals surface area contributed by atoms with E-state index < -0.39 is 6.03 Å². The molecule has 3 N–H and O–H groups in total. The van der Waals surface area contributed by atoms with Gasteiger partial charge in [0, 0.05) is 11.4 Å². The van der Waals surface area contributed by atoms with Crippen LogP contribution in [0.2, 0.25) is 0 Å². The van der Waals surface area contributed by atoms with Crippen molar-refractivity contribution in [3.05, 3.63) is 70.2 Å². The molecular weight excluding hydrogens is 360 g/mol. The molecule has 138 valence electrons. The number of carbonyl (C=O) groups excluding carboxylic acids is 2. The molecule has 27 heavy (non-hydrogen) atoms. The maximum atomic E-state index is 12.5. The number of urea groups is 1. The molecule has 7 heteroatoms. The van der Waals surface area contributed by atoms with Crippen molar-refractivity contribution in [2.24, 2.45) is 0 Å². The third-order valence-electron chi connectivity index (χ3n) is 3.84. The van der Waals surface area contributed by atoms with Crippen molar-refractivity contribution in [2.75, 3.05) is 16.0 Å². The van der Waals surface area contributed by atoms with Crippen LogP contribution in [0.3, 0.4) is 0 Å². The molecule has 0 unspecified atom stereocenters. The van der Waals surface area contributed by atoms with Crippen LogP contribution in [0.25, 0.3) is 0 Å². The Labute approximate surface area is 161 Å². The summed E-state index contributed by atoms with van der Waals surface area (Å²) in [7, 11) is 0. The van der Waals surface area contributed by atoms with Crippen LogP contribution in [0.4, 0.5) is 21.3 Å². The number of hydrogen-bond donors (Lipinski definition) is 3. The van der Waals surface area contributed by atoms with Gasteiger partial charge in [-0.1, -0.05) is 46.7 Å². The van der Waals surface area contributed by atoms with Crippen molar-refractivity contribution < 1.29 is 9.59 Å². The third-order valence-corrected chi connectivity index (χ3v) is 4.91. The molecule has 0 spiro atoms. The van der Waals surface area contributed by atoms with Gasteiger partial charge in [-0.15, -0.1) is 0 Å². The number of nitrogens with one attached hydrogen (secondary N) is 3. The molecule has 0 saturated heterocycles. The Morgan fingerprint density at radius 3 is 1.85 bits per heavy atom. The molecule has 6 nitrogen and oxygen atoms in total. The summed E-state index contributed by atoms with van der Waals surface area (Å²) in [5.41, 5.74) is 4.19. The predicted octanol–water partition coefficient (Wildman–Crippen LogP) is 4.96. The minimum Gasteiger partial charge on any atom is -0.321 e. The zero-order valence-corrected chi connectivity index (χ0v) is 16.1. The van der Waals surface area contributed by atoms with Gasteiger partial charge in [-0.3, -0.25) is 10.1 Å². The van der Waals surface area contributed by atoms with Crippen molar-refractivity contribution in [1.82, 2.24) is 4.98 Å². The highest BCUT2D eigenvalue weighted by molar-refractivity contribution is 7.17.